The Balaban J connectivity index is 1.86. The number of guanidine groups is 1. The Bertz CT molecular complexity index is 1100. The molecule has 1 atom stereocenters. The van der Waals surface area contributed by atoms with E-state index >= 15 is 0 Å². The van der Waals surface area contributed by atoms with Gasteiger partial charge in [0.25, 0.3) is 0 Å². The quantitative estimate of drug-likeness (QED) is 0.351. The number of hydrogen-bond donors (Lipinski definition) is 3. The van der Waals surface area contributed by atoms with Gasteiger partial charge in [0.15, 0.2) is 5.96 Å². The highest BCUT2D eigenvalue weighted by atomic mass is 19.1. The summed E-state index contributed by atoms with van der Waals surface area (Å²) in [6.07, 6.45) is 2.23. The van der Waals surface area contributed by atoms with Crippen molar-refractivity contribution in [3.8, 4) is 16.9 Å². The van der Waals surface area contributed by atoms with E-state index in [1.54, 1.807) is 29.2 Å². The Morgan fingerprint density at radius 2 is 1.90 bits per heavy atom. The lowest BCUT2D eigenvalue weighted by atomic mass is 9.87. The second kappa shape index (κ2) is 8.32. The molecule has 30 heavy (non-hydrogen) atoms. The maximum Gasteiger partial charge on any atom is 0.220 e. The van der Waals surface area contributed by atoms with Crippen molar-refractivity contribution in [1.29, 1.82) is 5.41 Å². The number of pyridine rings is 1. The van der Waals surface area contributed by atoms with E-state index in [1.165, 1.54) is 6.20 Å². The summed E-state index contributed by atoms with van der Waals surface area (Å²) in [5.41, 5.74) is 8.74. The van der Waals surface area contributed by atoms with Crippen molar-refractivity contribution >= 4 is 11.8 Å². The van der Waals surface area contributed by atoms with Crippen molar-refractivity contribution < 1.29 is 9.50 Å². The van der Waals surface area contributed by atoms with Crippen LogP contribution in [-0.4, -0.2) is 39.9 Å². The van der Waals surface area contributed by atoms with Crippen LogP contribution in [0.15, 0.2) is 71.9 Å². The summed E-state index contributed by atoms with van der Waals surface area (Å²) in [6.45, 7) is 1.25. The van der Waals surface area contributed by atoms with Gasteiger partial charge in [0.05, 0.1) is 5.92 Å². The van der Waals surface area contributed by atoms with E-state index in [0.29, 0.717) is 30.1 Å². The average molecular weight is 403 g/mol. The fourth-order valence-electron chi connectivity index (χ4n) is 3.76. The van der Waals surface area contributed by atoms with E-state index in [4.69, 9.17) is 16.1 Å². The first-order valence-corrected chi connectivity index (χ1v) is 9.70. The van der Waals surface area contributed by atoms with Crippen molar-refractivity contribution in [3.63, 3.8) is 0 Å². The third-order valence-corrected chi connectivity index (χ3v) is 5.16. The predicted molar refractivity (Wildman–Crippen MR) is 115 cm³/mol. The maximum atomic E-state index is 14.3. The number of nitrogens with two attached hydrogens (primary N) is 1. The molecular weight excluding hydrogens is 381 g/mol. The molecule has 1 aliphatic rings. The molecular formula is C23H22FN5O. The Labute approximate surface area is 174 Å². The van der Waals surface area contributed by atoms with Gasteiger partial charge in [-0.25, -0.2) is 4.98 Å². The summed E-state index contributed by atoms with van der Waals surface area (Å²) < 4.78 is 14.3. The fraction of sp³-hybridized carbons (Fsp3) is 0.174. The average Bonchev–Trinajstić information content (AvgIpc) is 2.76. The number of halogens is 1. The molecule has 4 N–H and O–H groups in total. The van der Waals surface area contributed by atoms with Crippen molar-refractivity contribution in [3.05, 3.63) is 83.9 Å². The molecule has 0 spiro atoms. The first-order chi connectivity index (χ1) is 14.5. The van der Waals surface area contributed by atoms with E-state index < -0.39 is 5.95 Å². The van der Waals surface area contributed by atoms with E-state index in [1.807, 2.05) is 36.4 Å². The number of aliphatic imine (C=N–C) groups is 1. The molecule has 2 heterocycles. The normalized spacial score (nSPS) is 14.8. The number of benzene rings is 2. The van der Waals surface area contributed by atoms with Crippen molar-refractivity contribution in [2.75, 3.05) is 13.1 Å². The number of aromatic nitrogens is 1. The van der Waals surface area contributed by atoms with Crippen LogP contribution in [0.1, 0.15) is 23.5 Å². The summed E-state index contributed by atoms with van der Waals surface area (Å²) in [5.74, 6) is -0.0849. The van der Waals surface area contributed by atoms with Crippen LogP contribution in [0.4, 0.5) is 4.39 Å². The third-order valence-electron chi connectivity index (χ3n) is 5.16. The number of nitrogens with zero attached hydrogens (tertiary/aromatic N) is 3. The van der Waals surface area contributed by atoms with Gasteiger partial charge in [0.1, 0.15) is 11.6 Å². The lowest BCUT2D eigenvalue weighted by Crippen LogP contribution is -2.46. The van der Waals surface area contributed by atoms with E-state index in [-0.39, 0.29) is 17.6 Å². The first-order valence-electron chi connectivity index (χ1n) is 9.70. The summed E-state index contributed by atoms with van der Waals surface area (Å²) in [6, 6.07) is 17.8. The number of phenols is 1. The van der Waals surface area contributed by atoms with Gasteiger partial charge in [0, 0.05) is 24.8 Å². The second-order valence-electron chi connectivity index (χ2n) is 7.12. The molecule has 0 saturated heterocycles. The van der Waals surface area contributed by atoms with Gasteiger partial charge in [-0.05, 0) is 53.4 Å². The number of amidine groups is 1. The highest BCUT2D eigenvalue weighted by Crippen LogP contribution is 2.33. The van der Waals surface area contributed by atoms with Crippen molar-refractivity contribution in [1.82, 2.24) is 9.88 Å². The highest BCUT2D eigenvalue weighted by Gasteiger charge is 2.29. The van der Waals surface area contributed by atoms with Gasteiger partial charge in [-0.1, -0.05) is 30.3 Å². The molecule has 1 unspecified atom stereocenters. The third kappa shape index (κ3) is 3.87. The van der Waals surface area contributed by atoms with E-state index in [0.717, 1.165) is 17.5 Å². The molecule has 0 saturated carbocycles. The van der Waals surface area contributed by atoms with Crippen LogP contribution in [0.25, 0.3) is 11.1 Å². The van der Waals surface area contributed by atoms with Gasteiger partial charge >= 0.3 is 0 Å². The minimum absolute atomic E-state index is 0.0633. The van der Waals surface area contributed by atoms with Crippen molar-refractivity contribution in [2.45, 2.75) is 12.3 Å². The Hall–Kier alpha value is -3.74. The van der Waals surface area contributed by atoms with E-state index in [9.17, 15) is 9.50 Å². The zero-order chi connectivity index (χ0) is 21.1. The summed E-state index contributed by atoms with van der Waals surface area (Å²) >= 11 is 0. The molecule has 7 heteroatoms. The molecule has 0 aliphatic carbocycles. The number of hydrogen-bond acceptors (Lipinski definition) is 4. The molecule has 0 amide bonds. The molecule has 1 aliphatic heterocycles. The van der Waals surface area contributed by atoms with Crippen LogP contribution in [0.2, 0.25) is 0 Å². The molecule has 2 aromatic carbocycles. The number of nitrogens with one attached hydrogen (secondary N) is 1. The summed E-state index contributed by atoms with van der Waals surface area (Å²) in [4.78, 5) is 10.2. The van der Waals surface area contributed by atoms with Gasteiger partial charge in [0.2, 0.25) is 5.95 Å². The zero-order valence-corrected chi connectivity index (χ0v) is 16.3. The van der Waals surface area contributed by atoms with Gasteiger partial charge in [-0.2, -0.15) is 4.39 Å². The topological polar surface area (TPSA) is 98.6 Å². The van der Waals surface area contributed by atoms with Crippen LogP contribution in [0, 0.1) is 11.4 Å². The summed E-state index contributed by atoms with van der Waals surface area (Å²) in [7, 11) is 0. The molecule has 0 bridgehead atoms. The lowest BCUT2D eigenvalue weighted by Gasteiger charge is -2.33. The molecule has 6 nitrogen and oxygen atoms in total. The van der Waals surface area contributed by atoms with Gasteiger partial charge in [-0.3, -0.25) is 10.4 Å². The van der Waals surface area contributed by atoms with Crippen LogP contribution in [0.5, 0.6) is 5.75 Å². The Morgan fingerprint density at radius 3 is 2.63 bits per heavy atom. The fourth-order valence-corrected chi connectivity index (χ4v) is 3.76. The molecule has 0 radical (unpaired) electrons. The van der Waals surface area contributed by atoms with Crippen LogP contribution < -0.4 is 5.73 Å². The monoisotopic (exact) mass is 403 g/mol. The minimum atomic E-state index is -0.531. The van der Waals surface area contributed by atoms with Crippen LogP contribution in [0.3, 0.4) is 0 Å². The predicted octanol–water partition coefficient (Wildman–Crippen LogP) is 3.72. The van der Waals surface area contributed by atoms with Gasteiger partial charge < -0.3 is 15.7 Å². The maximum absolute atomic E-state index is 14.3. The smallest absolute Gasteiger partial charge is 0.220 e. The Kier molecular flexibility index (Phi) is 5.43. The van der Waals surface area contributed by atoms with Crippen LogP contribution in [-0.2, 0) is 0 Å². The molecule has 3 aromatic rings. The largest absolute Gasteiger partial charge is 0.508 e. The lowest BCUT2D eigenvalue weighted by molar-refractivity contribution is 0.475. The van der Waals surface area contributed by atoms with Crippen LogP contribution >= 0.6 is 0 Å². The molecule has 0 fully saturated rings. The zero-order valence-electron chi connectivity index (χ0n) is 16.3. The molecule has 4 rings (SSSR count). The van der Waals surface area contributed by atoms with E-state index in [2.05, 4.69) is 4.98 Å². The second-order valence-corrected chi connectivity index (χ2v) is 7.12. The first kappa shape index (κ1) is 19.6. The standard InChI is InChI=1S/C23H22FN5O/c24-21-19(6-2-11-27-21)16-4-1-5-17(14-16)20(15-7-9-18(30)10-8-15)22-28-12-3-13-29(22)23(25)26/h1-2,4-11,14,20,30H,3,12-13H2,(H3,25,26). The Morgan fingerprint density at radius 1 is 1.10 bits per heavy atom. The SMILES string of the molecule is N=C(N)N1CCCN=C1C(c1ccc(O)cc1)c1cccc(-c2cccnc2F)c1. The van der Waals surface area contributed by atoms with Gasteiger partial charge in [-0.15, -0.1) is 0 Å². The van der Waals surface area contributed by atoms with Crippen molar-refractivity contribution in [2.24, 2.45) is 10.7 Å². The number of aromatic hydroxyl groups is 1. The molecule has 1 aromatic heterocycles. The number of phenolic OH excluding ortho intramolecular Hbond substituents is 1. The highest BCUT2D eigenvalue weighted by molar-refractivity contribution is 6.03. The number of rotatable bonds is 4. The summed E-state index contributed by atoms with van der Waals surface area (Å²) in [5, 5.41) is 17.7. The molecule has 152 valence electrons. The minimum Gasteiger partial charge on any atom is -0.508 e.